The van der Waals surface area contributed by atoms with Crippen LogP contribution in [0.2, 0.25) is 0 Å². The van der Waals surface area contributed by atoms with Gasteiger partial charge in [-0.1, -0.05) is 29.5 Å². The number of hydrogen-bond donors (Lipinski definition) is 1. The predicted octanol–water partition coefficient (Wildman–Crippen LogP) is 5.76. The van der Waals surface area contributed by atoms with Crippen molar-refractivity contribution in [1.29, 1.82) is 0 Å². The molecule has 3 rings (SSSR count). The lowest BCUT2D eigenvalue weighted by Gasteiger charge is -2.10. The molecule has 0 saturated heterocycles. The third-order valence-corrected chi connectivity index (χ3v) is 5.19. The second kappa shape index (κ2) is 9.81. The van der Waals surface area contributed by atoms with Crippen LogP contribution in [0, 0.1) is 17.0 Å². The van der Waals surface area contributed by atoms with E-state index in [0.29, 0.717) is 15.6 Å². The van der Waals surface area contributed by atoms with E-state index in [1.807, 2.05) is 31.2 Å². The molecule has 3 aromatic rings. The number of aryl methyl sites for hydroxylation is 1. The first-order valence-corrected chi connectivity index (χ1v) is 9.92. The molecule has 7 nitrogen and oxygen atoms in total. The number of halogens is 4. The van der Waals surface area contributed by atoms with Crippen molar-refractivity contribution >= 4 is 29.0 Å². The zero-order valence-electron chi connectivity index (χ0n) is 16.5. The largest absolute Gasteiger partial charge is 0.324 e. The van der Waals surface area contributed by atoms with Crippen LogP contribution in [-0.2, 0) is 11.3 Å². The number of nitro groups is 1. The van der Waals surface area contributed by atoms with Crippen molar-refractivity contribution in [2.45, 2.75) is 36.1 Å². The number of nitrogens with zero attached hydrogens (tertiary/aromatic N) is 3. The molecule has 0 aliphatic carbocycles. The van der Waals surface area contributed by atoms with Crippen LogP contribution >= 0.6 is 11.8 Å². The van der Waals surface area contributed by atoms with E-state index in [0.717, 1.165) is 16.5 Å². The van der Waals surface area contributed by atoms with E-state index in [1.54, 1.807) is 0 Å². The number of hydrogen-bond acceptors (Lipinski definition) is 5. The summed E-state index contributed by atoms with van der Waals surface area (Å²) in [5.41, 5.74) is -0.896. The second-order valence-corrected chi connectivity index (χ2v) is 7.84. The molecule has 0 aliphatic heterocycles. The Morgan fingerprint density at radius 2 is 1.78 bits per heavy atom. The van der Waals surface area contributed by atoms with Crippen LogP contribution in [0.3, 0.4) is 0 Å². The number of carbonyl (C=O) groups is 1. The fourth-order valence-electron chi connectivity index (χ4n) is 2.76. The standard InChI is InChI=1S/C20H16F4N4O3S/c1-11-2-4-14(5-3-11)32-15-7-12(6-13(8-15)28(30)31)25-18(29)10-27-17(20(23)24)9-16(26-27)19(21)22/h2-9,19-20H,10H2,1H3,(H,25,29). The van der Waals surface area contributed by atoms with Crippen LogP contribution < -0.4 is 5.32 Å². The molecular formula is C20H16F4N4O3S. The topological polar surface area (TPSA) is 90.1 Å². The molecule has 0 aliphatic rings. The van der Waals surface area contributed by atoms with Crippen LogP contribution in [-0.4, -0.2) is 20.6 Å². The third kappa shape index (κ3) is 5.84. The highest BCUT2D eigenvalue weighted by Gasteiger charge is 2.22. The number of anilines is 1. The number of alkyl halides is 4. The lowest BCUT2D eigenvalue weighted by Crippen LogP contribution is -2.21. The molecule has 0 unspecified atom stereocenters. The summed E-state index contributed by atoms with van der Waals surface area (Å²) >= 11 is 1.23. The zero-order chi connectivity index (χ0) is 23.4. The molecule has 168 valence electrons. The Balaban J connectivity index is 1.81. The number of aromatic nitrogens is 2. The molecule has 0 bridgehead atoms. The lowest BCUT2D eigenvalue weighted by atomic mass is 10.2. The maximum atomic E-state index is 13.1. The van der Waals surface area contributed by atoms with Crippen LogP contribution in [0.1, 0.15) is 29.8 Å². The minimum absolute atomic E-state index is 0.0543. The van der Waals surface area contributed by atoms with E-state index in [1.165, 1.54) is 23.9 Å². The van der Waals surface area contributed by atoms with Gasteiger partial charge in [-0.05, 0) is 31.2 Å². The maximum absolute atomic E-state index is 13.1. The molecule has 12 heteroatoms. The van der Waals surface area contributed by atoms with E-state index in [-0.39, 0.29) is 11.4 Å². The highest BCUT2D eigenvalue weighted by atomic mass is 32.2. The average molecular weight is 468 g/mol. The number of non-ortho nitro benzene ring substituents is 1. The fraction of sp³-hybridized carbons (Fsp3) is 0.200. The first-order chi connectivity index (χ1) is 15.1. The molecule has 0 fully saturated rings. The van der Waals surface area contributed by atoms with Gasteiger partial charge in [-0.3, -0.25) is 19.6 Å². The summed E-state index contributed by atoms with van der Waals surface area (Å²) in [6.07, 6.45) is -6.19. The molecule has 1 aromatic heterocycles. The Kier molecular flexibility index (Phi) is 7.13. The molecule has 0 atom stereocenters. The van der Waals surface area contributed by atoms with Crippen molar-refractivity contribution in [2.75, 3.05) is 5.32 Å². The number of nitro benzene ring substituents is 1. The Hall–Kier alpha value is -3.41. The number of amides is 1. The molecule has 32 heavy (non-hydrogen) atoms. The molecule has 1 heterocycles. The van der Waals surface area contributed by atoms with Crippen LogP contribution in [0.4, 0.5) is 28.9 Å². The molecule has 1 N–H and O–H groups in total. The number of carbonyl (C=O) groups excluding carboxylic acids is 1. The average Bonchev–Trinajstić information content (AvgIpc) is 3.14. The maximum Gasteiger partial charge on any atom is 0.282 e. The fourth-order valence-corrected chi connectivity index (χ4v) is 3.67. The van der Waals surface area contributed by atoms with E-state index < -0.39 is 41.6 Å². The normalized spacial score (nSPS) is 11.2. The van der Waals surface area contributed by atoms with Gasteiger partial charge in [0.05, 0.1) is 4.92 Å². The van der Waals surface area contributed by atoms with Gasteiger partial charge in [0.15, 0.2) is 0 Å². The van der Waals surface area contributed by atoms with Gasteiger partial charge < -0.3 is 5.32 Å². The van der Waals surface area contributed by atoms with Crippen molar-refractivity contribution in [3.63, 3.8) is 0 Å². The number of rotatable bonds is 8. The summed E-state index contributed by atoms with van der Waals surface area (Å²) in [4.78, 5) is 24.3. The SMILES string of the molecule is Cc1ccc(Sc2cc(NC(=O)Cn3nc(C(F)F)cc3C(F)F)cc([N+](=O)[O-])c2)cc1. The van der Waals surface area contributed by atoms with Crippen molar-refractivity contribution in [3.05, 3.63) is 75.6 Å². The van der Waals surface area contributed by atoms with Gasteiger partial charge in [0.1, 0.15) is 17.9 Å². The summed E-state index contributed by atoms with van der Waals surface area (Å²) in [5, 5.41) is 17.0. The van der Waals surface area contributed by atoms with Gasteiger partial charge in [0, 0.05) is 27.6 Å². The minimum Gasteiger partial charge on any atom is -0.324 e. The number of nitrogens with one attached hydrogen (secondary N) is 1. The molecule has 1 amide bonds. The summed E-state index contributed by atoms with van der Waals surface area (Å²) in [6, 6.07) is 11.9. The van der Waals surface area contributed by atoms with Crippen molar-refractivity contribution in [1.82, 2.24) is 9.78 Å². The third-order valence-electron chi connectivity index (χ3n) is 4.21. The van der Waals surface area contributed by atoms with Crippen molar-refractivity contribution in [2.24, 2.45) is 0 Å². The molecule has 0 radical (unpaired) electrons. The minimum atomic E-state index is -3.11. The van der Waals surface area contributed by atoms with Gasteiger partial charge in [0.25, 0.3) is 18.5 Å². The van der Waals surface area contributed by atoms with Gasteiger partial charge in [-0.15, -0.1) is 0 Å². The molecular weight excluding hydrogens is 452 g/mol. The monoisotopic (exact) mass is 468 g/mol. The van der Waals surface area contributed by atoms with Crippen molar-refractivity contribution in [3.8, 4) is 0 Å². The Labute approximate surface area is 183 Å². The van der Waals surface area contributed by atoms with Gasteiger partial charge in [0.2, 0.25) is 5.91 Å². The van der Waals surface area contributed by atoms with Crippen molar-refractivity contribution < 1.29 is 27.3 Å². The van der Waals surface area contributed by atoms with E-state index in [2.05, 4.69) is 10.4 Å². The zero-order valence-corrected chi connectivity index (χ0v) is 17.3. The van der Waals surface area contributed by atoms with Gasteiger partial charge in [-0.25, -0.2) is 17.6 Å². The smallest absolute Gasteiger partial charge is 0.282 e. The first kappa shape index (κ1) is 23.3. The summed E-state index contributed by atoms with van der Waals surface area (Å²) in [7, 11) is 0. The quantitative estimate of drug-likeness (QED) is 0.258. The molecule has 2 aromatic carbocycles. The highest BCUT2D eigenvalue weighted by Crippen LogP contribution is 2.33. The van der Waals surface area contributed by atoms with Crippen LogP contribution in [0.15, 0.2) is 58.3 Å². The Bertz CT molecular complexity index is 1140. The Morgan fingerprint density at radius 3 is 2.38 bits per heavy atom. The first-order valence-electron chi connectivity index (χ1n) is 9.10. The van der Waals surface area contributed by atoms with Crippen LogP contribution in [0.5, 0.6) is 0 Å². The predicted molar refractivity (Wildman–Crippen MR) is 109 cm³/mol. The summed E-state index contributed by atoms with van der Waals surface area (Å²) in [6.45, 7) is 1.15. The molecule has 0 spiro atoms. The summed E-state index contributed by atoms with van der Waals surface area (Å²) in [5.74, 6) is -0.859. The highest BCUT2D eigenvalue weighted by molar-refractivity contribution is 7.99. The van der Waals surface area contributed by atoms with E-state index in [9.17, 15) is 32.5 Å². The lowest BCUT2D eigenvalue weighted by molar-refractivity contribution is -0.385. The number of benzene rings is 2. The van der Waals surface area contributed by atoms with Crippen LogP contribution in [0.25, 0.3) is 0 Å². The summed E-state index contributed by atoms with van der Waals surface area (Å²) < 4.78 is 52.2. The van der Waals surface area contributed by atoms with E-state index >= 15 is 0 Å². The van der Waals surface area contributed by atoms with Gasteiger partial charge >= 0.3 is 0 Å². The Morgan fingerprint density at radius 1 is 1.09 bits per heavy atom. The molecule has 0 saturated carbocycles. The van der Waals surface area contributed by atoms with E-state index in [4.69, 9.17) is 0 Å². The second-order valence-electron chi connectivity index (χ2n) is 6.69. The van der Waals surface area contributed by atoms with Gasteiger partial charge in [-0.2, -0.15) is 5.10 Å².